The molecule has 3 N–H and O–H groups in total. The number of hydrogen-bond acceptors (Lipinski definition) is 2. The zero-order valence-corrected chi connectivity index (χ0v) is 11.8. The number of rotatable bonds is 2. The Kier molecular flexibility index (Phi) is 3.13. The van der Waals surface area contributed by atoms with Crippen molar-refractivity contribution >= 4 is 43.8 Å². The molecule has 2 nitrogen and oxygen atoms in total. The summed E-state index contributed by atoms with van der Waals surface area (Å²) in [4.78, 5) is 0. The van der Waals surface area contributed by atoms with Gasteiger partial charge in [0.15, 0.2) is 0 Å². The minimum absolute atomic E-state index is 0.756. The van der Waals surface area contributed by atoms with Crippen molar-refractivity contribution in [3.05, 3.63) is 65.1 Å². The lowest BCUT2D eigenvalue weighted by atomic mass is 10.1. The minimum atomic E-state index is 0.756. The fourth-order valence-corrected chi connectivity index (χ4v) is 2.62. The first kappa shape index (κ1) is 12.1. The molecule has 0 aliphatic heterocycles. The molecule has 0 saturated heterocycles. The maximum Gasteiger partial charge on any atom is 0.0464 e. The van der Waals surface area contributed by atoms with Crippen molar-refractivity contribution in [3.8, 4) is 0 Å². The van der Waals surface area contributed by atoms with E-state index in [2.05, 4.69) is 45.5 Å². The Bertz CT molecular complexity index is 738. The lowest BCUT2D eigenvalue weighted by Gasteiger charge is -2.11. The van der Waals surface area contributed by atoms with Gasteiger partial charge in [0.05, 0.1) is 0 Å². The summed E-state index contributed by atoms with van der Waals surface area (Å²) in [5, 5.41) is 5.79. The summed E-state index contributed by atoms with van der Waals surface area (Å²) in [6.45, 7) is 0. The highest BCUT2D eigenvalue weighted by Crippen LogP contribution is 2.31. The second-order valence-corrected chi connectivity index (χ2v) is 5.25. The maximum atomic E-state index is 5.80. The Morgan fingerprint density at radius 3 is 2.42 bits per heavy atom. The lowest BCUT2D eigenvalue weighted by Crippen LogP contribution is -1.93. The predicted octanol–water partition coefficient (Wildman–Crippen LogP) is 4.93. The minimum Gasteiger partial charge on any atom is -0.399 e. The summed E-state index contributed by atoms with van der Waals surface area (Å²) < 4.78 is 1.10. The van der Waals surface area contributed by atoms with Gasteiger partial charge in [-0.2, -0.15) is 0 Å². The van der Waals surface area contributed by atoms with Crippen LogP contribution in [0, 0.1) is 0 Å². The molecular formula is C16H13BrN2. The lowest BCUT2D eigenvalue weighted by molar-refractivity contribution is 1.57. The van der Waals surface area contributed by atoms with Gasteiger partial charge >= 0.3 is 0 Å². The third kappa shape index (κ3) is 2.42. The quantitative estimate of drug-likeness (QED) is 0.658. The van der Waals surface area contributed by atoms with Gasteiger partial charge in [-0.05, 0) is 35.7 Å². The van der Waals surface area contributed by atoms with Crippen LogP contribution in [0.4, 0.5) is 17.1 Å². The normalized spacial score (nSPS) is 10.6. The molecule has 0 radical (unpaired) electrons. The Hall–Kier alpha value is -2.00. The van der Waals surface area contributed by atoms with E-state index in [-0.39, 0.29) is 0 Å². The van der Waals surface area contributed by atoms with Crippen LogP contribution in [0.2, 0.25) is 0 Å². The molecule has 0 saturated carbocycles. The van der Waals surface area contributed by atoms with Gasteiger partial charge in [0.25, 0.3) is 0 Å². The fraction of sp³-hybridized carbons (Fsp3) is 0. The fourth-order valence-electron chi connectivity index (χ4n) is 2.14. The van der Waals surface area contributed by atoms with Crippen LogP contribution in [-0.2, 0) is 0 Å². The molecule has 0 amide bonds. The molecular weight excluding hydrogens is 300 g/mol. The van der Waals surface area contributed by atoms with E-state index < -0.39 is 0 Å². The number of nitrogens with two attached hydrogens (primary N) is 1. The summed E-state index contributed by atoms with van der Waals surface area (Å²) in [6.07, 6.45) is 0. The van der Waals surface area contributed by atoms with Crippen LogP contribution in [0.15, 0.2) is 65.1 Å². The van der Waals surface area contributed by atoms with Crippen molar-refractivity contribution in [1.29, 1.82) is 0 Å². The molecule has 3 rings (SSSR count). The van der Waals surface area contributed by atoms with Crippen LogP contribution in [0.3, 0.4) is 0 Å². The molecule has 0 fully saturated rings. The van der Waals surface area contributed by atoms with Crippen molar-refractivity contribution in [2.24, 2.45) is 0 Å². The second kappa shape index (κ2) is 4.94. The monoisotopic (exact) mass is 312 g/mol. The van der Waals surface area contributed by atoms with Crippen molar-refractivity contribution in [2.75, 3.05) is 11.1 Å². The average Bonchev–Trinajstić information content (AvgIpc) is 2.42. The first-order chi connectivity index (χ1) is 9.24. The molecule has 0 bridgehead atoms. The first-order valence-electron chi connectivity index (χ1n) is 6.04. The molecule has 0 spiro atoms. The molecule has 19 heavy (non-hydrogen) atoms. The molecule has 0 aliphatic carbocycles. The van der Waals surface area contributed by atoms with Gasteiger partial charge < -0.3 is 11.1 Å². The van der Waals surface area contributed by atoms with Gasteiger partial charge in [-0.3, -0.25) is 0 Å². The van der Waals surface area contributed by atoms with Crippen molar-refractivity contribution < 1.29 is 0 Å². The number of anilines is 3. The first-order valence-corrected chi connectivity index (χ1v) is 6.83. The van der Waals surface area contributed by atoms with Crippen molar-refractivity contribution in [1.82, 2.24) is 0 Å². The van der Waals surface area contributed by atoms with E-state index in [1.54, 1.807) is 0 Å². The van der Waals surface area contributed by atoms with E-state index in [9.17, 15) is 0 Å². The smallest absolute Gasteiger partial charge is 0.0464 e. The molecule has 3 aromatic rings. The summed E-state index contributed by atoms with van der Waals surface area (Å²) >= 11 is 3.58. The number of fused-ring (bicyclic) bond motifs is 1. The highest BCUT2D eigenvalue weighted by molar-refractivity contribution is 9.10. The standard InChI is InChI=1S/C16H13BrN2/c17-15-8-9-16(14-7-2-1-6-13(14)15)19-12-5-3-4-11(18)10-12/h1-10,19H,18H2. The molecule has 0 atom stereocenters. The summed E-state index contributed by atoms with van der Waals surface area (Å²) in [5.74, 6) is 0. The van der Waals surface area contributed by atoms with Gasteiger partial charge in [-0.25, -0.2) is 0 Å². The van der Waals surface area contributed by atoms with Gasteiger partial charge in [0.1, 0.15) is 0 Å². The Labute approximate surface area is 120 Å². The molecule has 94 valence electrons. The average molecular weight is 313 g/mol. The zero-order valence-electron chi connectivity index (χ0n) is 10.2. The number of benzene rings is 3. The number of nitrogen functional groups attached to an aromatic ring is 1. The molecule has 0 heterocycles. The van der Waals surface area contributed by atoms with Gasteiger partial charge in [0, 0.05) is 26.9 Å². The Morgan fingerprint density at radius 2 is 1.63 bits per heavy atom. The van der Waals surface area contributed by atoms with Crippen molar-refractivity contribution in [2.45, 2.75) is 0 Å². The highest BCUT2D eigenvalue weighted by atomic mass is 79.9. The highest BCUT2D eigenvalue weighted by Gasteiger charge is 2.04. The molecule has 0 unspecified atom stereocenters. The third-order valence-electron chi connectivity index (χ3n) is 3.04. The molecule has 3 aromatic carbocycles. The third-order valence-corrected chi connectivity index (χ3v) is 3.73. The van der Waals surface area contributed by atoms with Gasteiger partial charge in [-0.1, -0.05) is 46.3 Å². The molecule has 3 heteroatoms. The topological polar surface area (TPSA) is 38.0 Å². The zero-order chi connectivity index (χ0) is 13.2. The van der Waals surface area contributed by atoms with Crippen molar-refractivity contribution in [3.63, 3.8) is 0 Å². The van der Waals surface area contributed by atoms with Crippen LogP contribution in [0.25, 0.3) is 10.8 Å². The van der Waals surface area contributed by atoms with E-state index >= 15 is 0 Å². The molecule has 0 aliphatic rings. The Balaban J connectivity index is 2.09. The number of hydrogen-bond donors (Lipinski definition) is 2. The number of nitrogens with one attached hydrogen (secondary N) is 1. The number of halogens is 1. The molecule has 0 aromatic heterocycles. The maximum absolute atomic E-state index is 5.80. The van der Waals surface area contributed by atoms with Gasteiger partial charge in [-0.15, -0.1) is 0 Å². The summed E-state index contributed by atoms with van der Waals surface area (Å²) in [5.41, 5.74) is 8.62. The SMILES string of the molecule is Nc1cccc(Nc2ccc(Br)c3ccccc23)c1. The van der Waals surface area contributed by atoms with Crippen LogP contribution < -0.4 is 11.1 Å². The van der Waals surface area contributed by atoms with Crippen LogP contribution in [0.5, 0.6) is 0 Å². The van der Waals surface area contributed by atoms with E-state index in [0.717, 1.165) is 21.5 Å². The largest absolute Gasteiger partial charge is 0.399 e. The van der Waals surface area contributed by atoms with E-state index in [0.29, 0.717) is 0 Å². The van der Waals surface area contributed by atoms with E-state index in [1.165, 1.54) is 10.8 Å². The second-order valence-electron chi connectivity index (χ2n) is 4.39. The summed E-state index contributed by atoms with van der Waals surface area (Å²) in [7, 11) is 0. The van der Waals surface area contributed by atoms with E-state index in [1.807, 2.05) is 36.4 Å². The van der Waals surface area contributed by atoms with E-state index in [4.69, 9.17) is 5.73 Å². The van der Waals surface area contributed by atoms with Crippen LogP contribution in [-0.4, -0.2) is 0 Å². The Morgan fingerprint density at radius 1 is 0.842 bits per heavy atom. The predicted molar refractivity (Wildman–Crippen MR) is 85.8 cm³/mol. The summed E-state index contributed by atoms with van der Waals surface area (Å²) in [6, 6.07) is 20.2. The van der Waals surface area contributed by atoms with Gasteiger partial charge in [0.2, 0.25) is 0 Å². The van der Waals surface area contributed by atoms with Crippen LogP contribution >= 0.6 is 15.9 Å². The van der Waals surface area contributed by atoms with Crippen LogP contribution in [0.1, 0.15) is 0 Å².